The summed E-state index contributed by atoms with van der Waals surface area (Å²) in [4.78, 5) is 20.3. The molecule has 0 fully saturated rings. The highest BCUT2D eigenvalue weighted by atomic mass is 16.1. The average molecular weight is 228 g/mol. The summed E-state index contributed by atoms with van der Waals surface area (Å²) < 4.78 is 0. The number of hydrogen-bond donors (Lipinski definition) is 1. The largest absolute Gasteiger partial charge is 0.367 e. The van der Waals surface area contributed by atoms with E-state index in [0.29, 0.717) is 0 Å². The Bertz CT molecular complexity index is 581. The van der Waals surface area contributed by atoms with Crippen molar-refractivity contribution in [1.29, 1.82) is 5.26 Å². The second kappa shape index (κ2) is 4.66. The molecule has 5 nitrogen and oxygen atoms in total. The fourth-order valence-corrected chi connectivity index (χ4v) is 1.66. The number of carbonyl (C=O) groups is 1. The van der Waals surface area contributed by atoms with Gasteiger partial charge in [-0.05, 0) is 18.2 Å². The van der Waals surface area contributed by atoms with Crippen LogP contribution in [0.15, 0.2) is 24.5 Å². The van der Waals surface area contributed by atoms with Crippen LogP contribution in [-0.4, -0.2) is 29.3 Å². The number of hydrogen-bond acceptors (Lipinski definition) is 4. The molecule has 17 heavy (non-hydrogen) atoms. The van der Waals surface area contributed by atoms with E-state index in [-0.39, 0.29) is 18.7 Å². The number of aromatic nitrogens is 2. The molecule has 0 radical (unpaired) electrons. The molecule has 0 bridgehead atoms. The number of nitrogens with zero attached hydrogens (tertiary/aromatic N) is 3. The van der Waals surface area contributed by atoms with Gasteiger partial charge in [-0.1, -0.05) is 0 Å². The molecule has 5 heteroatoms. The molecule has 0 aliphatic heterocycles. The molecule has 0 unspecified atom stereocenters. The third kappa shape index (κ3) is 2.42. The van der Waals surface area contributed by atoms with Crippen molar-refractivity contribution < 1.29 is 4.79 Å². The van der Waals surface area contributed by atoms with Crippen molar-refractivity contribution in [2.45, 2.75) is 6.42 Å². The maximum Gasteiger partial charge on any atom is 0.166 e. The topological polar surface area (TPSA) is 72.8 Å². The predicted octanol–water partition coefficient (Wildman–Crippen LogP) is 1.48. The minimum Gasteiger partial charge on any atom is -0.367 e. The second-order valence-corrected chi connectivity index (χ2v) is 3.83. The van der Waals surface area contributed by atoms with E-state index in [9.17, 15) is 4.79 Å². The second-order valence-electron chi connectivity index (χ2n) is 3.83. The monoisotopic (exact) mass is 228 g/mol. The van der Waals surface area contributed by atoms with Crippen molar-refractivity contribution in [3.05, 3.63) is 24.5 Å². The molecule has 2 rings (SSSR count). The van der Waals surface area contributed by atoms with Crippen molar-refractivity contribution >= 4 is 22.5 Å². The van der Waals surface area contributed by atoms with Gasteiger partial charge >= 0.3 is 0 Å². The SMILES string of the molecule is CN(CC(=O)CC#N)c1ccc2nc[nH]c2c1. The number of imidazole rings is 1. The molecule has 0 amide bonds. The molecular formula is C12H12N4O. The zero-order valence-electron chi connectivity index (χ0n) is 9.47. The third-order valence-corrected chi connectivity index (χ3v) is 2.53. The molecule has 1 aromatic heterocycles. The van der Waals surface area contributed by atoms with Gasteiger partial charge in [-0.2, -0.15) is 5.26 Å². The Hall–Kier alpha value is -2.35. The van der Waals surface area contributed by atoms with Gasteiger partial charge in [0.25, 0.3) is 0 Å². The molecule has 0 aliphatic rings. The summed E-state index contributed by atoms with van der Waals surface area (Å²) in [6.45, 7) is 0.243. The number of benzene rings is 1. The Morgan fingerprint density at radius 3 is 3.18 bits per heavy atom. The van der Waals surface area contributed by atoms with Crippen molar-refractivity contribution in [2.75, 3.05) is 18.5 Å². The van der Waals surface area contributed by atoms with E-state index >= 15 is 0 Å². The molecule has 0 saturated carbocycles. The number of H-pyrrole nitrogens is 1. The van der Waals surface area contributed by atoms with Crippen LogP contribution < -0.4 is 4.90 Å². The molecule has 1 N–H and O–H groups in total. The van der Waals surface area contributed by atoms with E-state index in [1.54, 1.807) is 6.33 Å². The molecular weight excluding hydrogens is 216 g/mol. The lowest BCUT2D eigenvalue weighted by Crippen LogP contribution is -2.25. The summed E-state index contributed by atoms with van der Waals surface area (Å²) in [5.41, 5.74) is 2.75. The first-order valence-electron chi connectivity index (χ1n) is 5.23. The summed E-state index contributed by atoms with van der Waals surface area (Å²) in [6, 6.07) is 7.59. The Morgan fingerprint density at radius 1 is 1.59 bits per heavy atom. The first-order chi connectivity index (χ1) is 8.20. The van der Waals surface area contributed by atoms with Crippen molar-refractivity contribution in [1.82, 2.24) is 9.97 Å². The van der Waals surface area contributed by atoms with Gasteiger partial charge in [0.1, 0.15) is 0 Å². The van der Waals surface area contributed by atoms with Crippen LogP contribution in [0.1, 0.15) is 6.42 Å². The summed E-state index contributed by atoms with van der Waals surface area (Å²) in [5.74, 6) is -0.0836. The number of rotatable bonds is 4. The maximum atomic E-state index is 11.4. The van der Waals surface area contributed by atoms with Gasteiger partial charge in [0.2, 0.25) is 0 Å². The minimum absolute atomic E-state index is 0.0450. The van der Waals surface area contributed by atoms with Crippen LogP contribution in [0, 0.1) is 11.3 Å². The number of Topliss-reactive ketones (excluding diaryl/α,β-unsaturated/α-hetero) is 1. The molecule has 0 saturated heterocycles. The van der Waals surface area contributed by atoms with Crippen LogP contribution >= 0.6 is 0 Å². The molecule has 1 aromatic carbocycles. The van der Waals surface area contributed by atoms with Gasteiger partial charge in [-0.15, -0.1) is 0 Å². The fraction of sp³-hybridized carbons (Fsp3) is 0.250. The highest BCUT2D eigenvalue weighted by Gasteiger charge is 2.08. The number of carbonyl (C=O) groups excluding carboxylic acids is 1. The average Bonchev–Trinajstić information content (AvgIpc) is 2.75. The van der Waals surface area contributed by atoms with E-state index in [0.717, 1.165) is 16.7 Å². The Balaban J connectivity index is 2.16. The van der Waals surface area contributed by atoms with Crippen LogP contribution in [0.2, 0.25) is 0 Å². The Kier molecular flexibility index (Phi) is 3.06. The van der Waals surface area contributed by atoms with Gasteiger partial charge < -0.3 is 9.88 Å². The van der Waals surface area contributed by atoms with Crippen molar-refractivity contribution in [3.8, 4) is 6.07 Å². The lowest BCUT2D eigenvalue weighted by atomic mass is 10.2. The van der Waals surface area contributed by atoms with E-state index in [2.05, 4.69) is 9.97 Å². The summed E-state index contributed by atoms with van der Waals surface area (Å²) in [5, 5.41) is 8.43. The van der Waals surface area contributed by atoms with E-state index in [1.807, 2.05) is 36.2 Å². The van der Waals surface area contributed by atoms with Gasteiger partial charge in [0.05, 0.1) is 36.4 Å². The summed E-state index contributed by atoms with van der Waals surface area (Å²) in [7, 11) is 1.83. The van der Waals surface area contributed by atoms with E-state index < -0.39 is 0 Å². The Labute approximate surface area is 98.7 Å². The quantitative estimate of drug-likeness (QED) is 0.860. The fourth-order valence-electron chi connectivity index (χ4n) is 1.66. The normalized spacial score (nSPS) is 10.1. The number of ketones is 1. The van der Waals surface area contributed by atoms with Gasteiger partial charge in [-0.25, -0.2) is 4.98 Å². The molecule has 0 aliphatic carbocycles. The smallest absolute Gasteiger partial charge is 0.166 e. The maximum absolute atomic E-state index is 11.4. The first-order valence-corrected chi connectivity index (χ1v) is 5.23. The van der Waals surface area contributed by atoms with Crippen molar-refractivity contribution in [2.24, 2.45) is 0 Å². The van der Waals surface area contributed by atoms with Crippen LogP contribution in [0.25, 0.3) is 11.0 Å². The Morgan fingerprint density at radius 2 is 2.41 bits per heavy atom. The zero-order valence-corrected chi connectivity index (χ0v) is 9.47. The van der Waals surface area contributed by atoms with Crippen LogP contribution in [0.5, 0.6) is 0 Å². The van der Waals surface area contributed by atoms with Gasteiger partial charge in [0, 0.05) is 12.7 Å². The van der Waals surface area contributed by atoms with Gasteiger partial charge in [0.15, 0.2) is 5.78 Å². The van der Waals surface area contributed by atoms with Crippen LogP contribution in [0.4, 0.5) is 5.69 Å². The molecule has 86 valence electrons. The highest BCUT2D eigenvalue weighted by Crippen LogP contribution is 2.18. The van der Waals surface area contributed by atoms with Crippen LogP contribution in [0.3, 0.4) is 0 Å². The molecule has 0 spiro atoms. The third-order valence-electron chi connectivity index (χ3n) is 2.53. The van der Waals surface area contributed by atoms with Crippen molar-refractivity contribution in [3.63, 3.8) is 0 Å². The lowest BCUT2D eigenvalue weighted by Gasteiger charge is -2.17. The number of likely N-dealkylation sites (N-methyl/N-ethyl adjacent to an activating group) is 1. The minimum atomic E-state index is -0.0836. The molecule has 1 heterocycles. The standard InChI is InChI=1S/C12H12N4O/c1-16(7-10(17)4-5-13)9-2-3-11-12(6-9)15-8-14-11/h2-3,6,8H,4,7H2,1H3,(H,14,15). The molecule has 0 atom stereocenters. The number of fused-ring (bicyclic) bond motifs is 1. The highest BCUT2D eigenvalue weighted by molar-refractivity contribution is 5.86. The lowest BCUT2D eigenvalue weighted by molar-refractivity contribution is -0.116. The number of nitrogens with one attached hydrogen (secondary N) is 1. The number of anilines is 1. The number of nitriles is 1. The van der Waals surface area contributed by atoms with E-state index in [4.69, 9.17) is 5.26 Å². The summed E-state index contributed by atoms with van der Waals surface area (Å²) >= 11 is 0. The first kappa shape index (κ1) is 11.1. The van der Waals surface area contributed by atoms with Crippen LogP contribution in [-0.2, 0) is 4.79 Å². The van der Waals surface area contributed by atoms with E-state index in [1.165, 1.54) is 0 Å². The zero-order chi connectivity index (χ0) is 12.3. The van der Waals surface area contributed by atoms with Gasteiger partial charge in [-0.3, -0.25) is 4.79 Å². The number of aromatic amines is 1. The molecule has 2 aromatic rings. The summed E-state index contributed by atoms with van der Waals surface area (Å²) in [6.07, 6.45) is 1.59. The predicted molar refractivity (Wildman–Crippen MR) is 64.6 cm³/mol.